The first-order chi connectivity index (χ1) is 17.9. The summed E-state index contributed by atoms with van der Waals surface area (Å²) < 4.78 is 19.9. The van der Waals surface area contributed by atoms with Crippen LogP contribution in [0.3, 0.4) is 0 Å². The Labute approximate surface area is 229 Å². The summed E-state index contributed by atoms with van der Waals surface area (Å²) >= 11 is 5.27. The van der Waals surface area contributed by atoms with E-state index in [0.29, 0.717) is 51.6 Å². The van der Waals surface area contributed by atoms with Gasteiger partial charge in [0.15, 0.2) is 11.5 Å². The molecule has 3 aromatic rings. The molecule has 37 heavy (non-hydrogen) atoms. The van der Waals surface area contributed by atoms with Crippen molar-refractivity contribution < 1.29 is 19.0 Å². The minimum absolute atomic E-state index is 0.399. The number of hydrogen-bond donors (Lipinski definition) is 1. The number of thioether (sulfide) groups is 1. The predicted octanol–water partition coefficient (Wildman–Crippen LogP) is 6.29. The average Bonchev–Trinajstić information content (AvgIpc) is 3.28. The number of benzene rings is 2. The van der Waals surface area contributed by atoms with Crippen molar-refractivity contribution in [1.82, 2.24) is 14.8 Å². The van der Waals surface area contributed by atoms with Crippen molar-refractivity contribution in [3.05, 3.63) is 68.8 Å². The van der Waals surface area contributed by atoms with Gasteiger partial charge in [-0.1, -0.05) is 43.0 Å². The van der Waals surface area contributed by atoms with Gasteiger partial charge in [-0.3, -0.25) is 0 Å². The monoisotopic (exact) mass is 586 g/mol. The standard InChI is InChI=1S/C27H31BrN4O4S/c1-6-12-37-27-30-26-29-17(4)22(25(33)34-5)23(32(26)31-27)19-13-20(28)24(21(14-19)35-7-2)36-15-18-11-9-8-10-16(18)3/h8-11,13-14,23H,6-7,12,15H2,1-5H3,(H,29,30,31). The molecule has 1 atom stereocenters. The number of ether oxygens (including phenoxy) is 3. The van der Waals surface area contributed by atoms with Crippen LogP contribution in [-0.4, -0.2) is 40.2 Å². The molecule has 0 bridgehead atoms. The Kier molecular flexibility index (Phi) is 8.81. The second-order valence-corrected chi connectivity index (χ2v) is 10.5. The maximum atomic E-state index is 12.9. The van der Waals surface area contributed by atoms with Crippen molar-refractivity contribution in [2.24, 2.45) is 0 Å². The average molecular weight is 588 g/mol. The van der Waals surface area contributed by atoms with E-state index in [0.717, 1.165) is 28.9 Å². The highest BCUT2D eigenvalue weighted by Gasteiger charge is 2.36. The number of nitrogens with one attached hydrogen (secondary N) is 1. The van der Waals surface area contributed by atoms with Crippen LogP contribution in [0.15, 0.2) is 57.3 Å². The summed E-state index contributed by atoms with van der Waals surface area (Å²) in [7, 11) is 1.38. The molecule has 0 fully saturated rings. The fourth-order valence-electron chi connectivity index (χ4n) is 4.14. The number of fused-ring (bicyclic) bond motifs is 1. The summed E-state index contributed by atoms with van der Waals surface area (Å²) in [5.41, 5.74) is 4.16. The molecule has 0 amide bonds. The van der Waals surface area contributed by atoms with Gasteiger partial charge >= 0.3 is 5.97 Å². The van der Waals surface area contributed by atoms with Gasteiger partial charge in [-0.2, -0.15) is 4.98 Å². The maximum Gasteiger partial charge on any atom is 0.338 e. The van der Waals surface area contributed by atoms with Gasteiger partial charge in [0.25, 0.3) is 0 Å². The third-order valence-electron chi connectivity index (χ3n) is 5.95. The number of aryl methyl sites for hydroxylation is 1. The molecule has 1 N–H and O–H groups in total. The lowest BCUT2D eigenvalue weighted by atomic mass is 9.95. The van der Waals surface area contributed by atoms with Crippen LogP contribution in [0.4, 0.5) is 5.95 Å². The molecule has 1 aliphatic heterocycles. The summed E-state index contributed by atoms with van der Waals surface area (Å²) in [6.45, 7) is 8.79. The van der Waals surface area contributed by atoms with Crippen molar-refractivity contribution in [3.8, 4) is 11.5 Å². The SMILES string of the molecule is CCCSc1nc2n(n1)C(c1cc(Br)c(OCc3ccccc3C)c(OCC)c1)C(C(=O)OC)=C(C)N2. The molecule has 8 nitrogen and oxygen atoms in total. The molecule has 1 aliphatic rings. The van der Waals surface area contributed by atoms with E-state index in [2.05, 4.69) is 46.1 Å². The Bertz CT molecular complexity index is 1320. The third kappa shape index (κ3) is 5.80. The van der Waals surface area contributed by atoms with E-state index in [1.807, 2.05) is 44.2 Å². The van der Waals surface area contributed by atoms with Crippen LogP contribution in [0.1, 0.15) is 49.9 Å². The highest BCUT2D eigenvalue weighted by atomic mass is 79.9. The van der Waals surface area contributed by atoms with E-state index >= 15 is 0 Å². The van der Waals surface area contributed by atoms with Crippen molar-refractivity contribution in [2.45, 2.75) is 51.9 Å². The van der Waals surface area contributed by atoms with E-state index in [1.54, 1.807) is 16.4 Å². The maximum absolute atomic E-state index is 12.9. The number of allylic oxidation sites excluding steroid dienone is 1. The summed E-state index contributed by atoms with van der Waals surface area (Å²) in [4.78, 5) is 17.6. The van der Waals surface area contributed by atoms with Gasteiger partial charge in [0, 0.05) is 11.4 Å². The lowest BCUT2D eigenvalue weighted by Gasteiger charge is -2.28. The predicted molar refractivity (Wildman–Crippen MR) is 148 cm³/mol. The van der Waals surface area contributed by atoms with Crippen LogP contribution in [0, 0.1) is 6.92 Å². The molecule has 10 heteroatoms. The molecule has 196 valence electrons. The van der Waals surface area contributed by atoms with Gasteiger partial charge in [0.2, 0.25) is 11.1 Å². The van der Waals surface area contributed by atoms with Gasteiger partial charge < -0.3 is 19.5 Å². The van der Waals surface area contributed by atoms with Crippen LogP contribution in [0.2, 0.25) is 0 Å². The molecule has 0 spiro atoms. The van der Waals surface area contributed by atoms with Crippen molar-refractivity contribution >= 4 is 39.6 Å². The number of nitrogens with zero attached hydrogens (tertiary/aromatic N) is 3. The highest BCUT2D eigenvalue weighted by molar-refractivity contribution is 9.10. The zero-order chi connectivity index (χ0) is 26.5. The largest absolute Gasteiger partial charge is 0.490 e. The van der Waals surface area contributed by atoms with E-state index in [-0.39, 0.29) is 0 Å². The zero-order valence-electron chi connectivity index (χ0n) is 21.6. The summed E-state index contributed by atoms with van der Waals surface area (Å²) in [5.74, 6) is 2.21. The third-order valence-corrected chi connectivity index (χ3v) is 7.59. The van der Waals surface area contributed by atoms with Crippen LogP contribution in [-0.2, 0) is 16.1 Å². The normalized spacial score (nSPS) is 14.7. The Morgan fingerprint density at radius 2 is 1.97 bits per heavy atom. The minimum Gasteiger partial charge on any atom is -0.490 e. The number of aromatic nitrogens is 3. The minimum atomic E-state index is -0.562. The zero-order valence-corrected chi connectivity index (χ0v) is 24.0. The first-order valence-corrected chi connectivity index (χ1v) is 13.9. The van der Waals surface area contributed by atoms with E-state index < -0.39 is 12.0 Å². The molecule has 0 radical (unpaired) electrons. The number of methoxy groups -OCH3 is 1. The molecule has 0 saturated heterocycles. The summed E-state index contributed by atoms with van der Waals surface area (Å²) in [6.07, 6.45) is 1.00. The number of esters is 1. The Hall–Kier alpha value is -2.98. The number of anilines is 1. The van der Waals surface area contributed by atoms with Crippen molar-refractivity contribution in [1.29, 1.82) is 0 Å². The number of halogens is 1. The van der Waals surface area contributed by atoms with E-state index in [4.69, 9.17) is 19.3 Å². The molecule has 1 unspecified atom stereocenters. The van der Waals surface area contributed by atoms with E-state index in [9.17, 15) is 4.79 Å². The Morgan fingerprint density at radius 1 is 1.19 bits per heavy atom. The van der Waals surface area contributed by atoms with Crippen molar-refractivity contribution in [3.63, 3.8) is 0 Å². The lowest BCUT2D eigenvalue weighted by molar-refractivity contribution is -0.136. The molecule has 2 aromatic carbocycles. The summed E-state index contributed by atoms with van der Waals surface area (Å²) in [5, 5.41) is 8.60. The van der Waals surface area contributed by atoms with Gasteiger partial charge in [0.1, 0.15) is 12.6 Å². The smallest absolute Gasteiger partial charge is 0.338 e. The first kappa shape index (κ1) is 27.1. The van der Waals surface area contributed by atoms with Crippen molar-refractivity contribution in [2.75, 3.05) is 24.8 Å². The lowest BCUT2D eigenvalue weighted by Crippen LogP contribution is -2.29. The van der Waals surface area contributed by atoms with Gasteiger partial charge in [0.05, 0.1) is 23.8 Å². The number of carbonyl (C=O) groups is 1. The van der Waals surface area contributed by atoms with Gasteiger partial charge in [-0.15, -0.1) is 5.10 Å². The number of rotatable bonds is 10. The molecule has 0 saturated carbocycles. The molecule has 2 heterocycles. The van der Waals surface area contributed by atoms with Gasteiger partial charge in [-0.25, -0.2) is 9.48 Å². The molecular weight excluding hydrogens is 556 g/mol. The second kappa shape index (κ2) is 12.0. The van der Waals surface area contributed by atoms with Crippen LogP contribution < -0.4 is 14.8 Å². The number of hydrogen-bond acceptors (Lipinski definition) is 8. The second-order valence-electron chi connectivity index (χ2n) is 8.55. The van der Waals surface area contributed by atoms with Crippen LogP contribution in [0.25, 0.3) is 0 Å². The fraction of sp³-hybridized carbons (Fsp3) is 0.370. The van der Waals surface area contributed by atoms with Crippen LogP contribution in [0.5, 0.6) is 11.5 Å². The first-order valence-electron chi connectivity index (χ1n) is 12.2. The molecule has 0 aliphatic carbocycles. The summed E-state index contributed by atoms with van der Waals surface area (Å²) in [6, 6.07) is 11.4. The van der Waals surface area contributed by atoms with Gasteiger partial charge in [-0.05, 0) is 71.9 Å². The molecular formula is C27H31BrN4O4S. The number of carbonyl (C=O) groups excluding carboxylic acids is 1. The quantitative estimate of drug-likeness (QED) is 0.219. The van der Waals surface area contributed by atoms with Crippen LogP contribution >= 0.6 is 27.7 Å². The Balaban J connectivity index is 1.78. The Morgan fingerprint density at radius 3 is 2.68 bits per heavy atom. The fourth-order valence-corrected chi connectivity index (χ4v) is 5.40. The van der Waals surface area contributed by atoms with E-state index in [1.165, 1.54) is 7.11 Å². The highest BCUT2D eigenvalue weighted by Crippen LogP contribution is 2.43. The molecule has 1 aromatic heterocycles. The molecule has 4 rings (SSSR count). The topological polar surface area (TPSA) is 87.5 Å².